The molecular formula is C13H19N3O. The molecule has 1 aromatic heterocycles. The van der Waals surface area contributed by atoms with Crippen LogP contribution >= 0.6 is 0 Å². The molecule has 1 aromatic carbocycles. The number of aryl methyl sites for hydroxylation is 1. The maximum atomic E-state index is 9.38. The van der Waals surface area contributed by atoms with Crippen LogP contribution in [0.3, 0.4) is 0 Å². The number of aliphatic hydroxyl groups excluding tert-OH is 1. The first kappa shape index (κ1) is 11.9. The Bertz CT molecular complexity index is 530. The number of nitrogens with zero attached hydrogens (tertiary/aromatic N) is 2. The molecule has 2 rings (SSSR count). The minimum absolute atomic E-state index is 0.115. The zero-order chi connectivity index (χ0) is 12.6. The molecule has 0 saturated carbocycles. The van der Waals surface area contributed by atoms with Crippen molar-refractivity contribution in [3.05, 3.63) is 24.0 Å². The van der Waals surface area contributed by atoms with Crippen molar-refractivity contribution in [2.45, 2.75) is 26.3 Å². The molecule has 0 radical (unpaired) electrons. The largest absolute Gasteiger partial charge is 0.394 e. The average molecular weight is 233 g/mol. The molecule has 4 heteroatoms. The standard InChI is InChI=1S/C13H19N3O/c1-9-14-11-6-5-10(7-12(11)15-9)16(4)13(2,3)8-17/h5-7,17H,8H2,1-4H3,(H,14,15). The van der Waals surface area contributed by atoms with Crippen LogP contribution < -0.4 is 4.90 Å². The smallest absolute Gasteiger partial charge is 0.104 e. The highest BCUT2D eigenvalue weighted by Gasteiger charge is 2.22. The molecule has 92 valence electrons. The Kier molecular flexibility index (Phi) is 2.83. The fraction of sp³-hybridized carbons (Fsp3) is 0.462. The second-order valence-corrected chi connectivity index (χ2v) is 5.05. The van der Waals surface area contributed by atoms with Crippen molar-refractivity contribution in [2.24, 2.45) is 0 Å². The topological polar surface area (TPSA) is 52.1 Å². The van der Waals surface area contributed by atoms with Crippen LogP contribution in [0.15, 0.2) is 18.2 Å². The molecule has 0 spiro atoms. The summed E-state index contributed by atoms with van der Waals surface area (Å²) in [6.07, 6.45) is 0. The van der Waals surface area contributed by atoms with Crippen LogP contribution in [-0.4, -0.2) is 34.3 Å². The Balaban J connectivity index is 2.42. The summed E-state index contributed by atoms with van der Waals surface area (Å²) in [5.41, 5.74) is 2.80. The minimum atomic E-state index is -0.275. The van der Waals surface area contributed by atoms with E-state index in [2.05, 4.69) is 20.9 Å². The number of hydrogen-bond acceptors (Lipinski definition) is 3. The molecule has 0 saturated heterocycles. The van der Waals surface area contributed by atoms with Gasteiger partial charge in [0.15, 0.2) is 0 Å². The van der Waals surface area contributed by atoms with Gasteiger partial charge in [0.05, 0.1) is 23.2 Å². The van der Waals surface area contributed by atoms with E-state index in [1.54, 1.807) is 0 Å². The van der Waals surface area contributed by atoms with Gasteiger partial charge in [0, 0.05) is 12.7 Å². The summed E-state index contributed by atoms with van der Waals surface area (Å²) in [4.78, 5) is 9.67. The van der Waals surface area contributed by atoms with Gasteiger partial charge in [-0.15, -0.1) is 0 Å². The first-order valence-electron chi connectivity index (χ1n) is 5.75. The summed E-state index contributed by atoms with van der Waals surface area (Å²) in [6.45, 7) is 6.08. The molecule has 0 atom stereocenters. The SMILES string of the molecule is Cc1nc2ccc(N(C)C(C)(C)CO)cc2[nH]1. The van der Waals surface area contributed by atoms with Gasteiger partial charge in [-0.1, -0.05) is 0 Å². The average Bonchev–Trinajstić information content (AvgIpc) is 2.66. The highest BCUT2D eigenvalue weighted by Crippen LogP contribution is 2.25. The first-order valence-corrected chi connectivity index (χ1v) is 5.75. The van der Waals surface area contributed by atoms with E-state index in [0.29, 0.717) is 0 Å². The molecular weight excluding hydrogens is 214 g/mol. The molecule has 2 N–H and O–H groups in total. The number of H-pyrrole nitrogens is 1. The molecule has 2 aromatic rings. The number of rotatable bonds is 3. The predicted octanol–water partition coefficient (Wildman–Crippen LogP) is 2.08. The van der Waals surface area contributed by atoms with Gasteiger partial charge in [-0.05, 0) is 39.0 Å². The first-order chi connectivity index (χ1) is 7.94. The summed E-state index contributed by atoms with van der Waals surface area (Å²) in [7, 11) is 1.99. The lowest BCUT2D eigenvalue weighted by Gasteiger charge is -2.35. The van der Waals surface area contributed by atoms with Gasteiger partial charge in [-0.2, -0.15) is 0 Å². The van der Waals surface area contributed by atoms with Gasteiger partial charge < -0.3 is 15.0 Å². The lowest BCUT2D eigenvalue weighted by Crippen LogP contribution is -2.44. The van der Waals surface area contributed by atoms with E-state index < -0.39 is 0 Å². The van der Waals surface area contributed by atoms with Crippen LogP contribution in [0.4, 0.5) is 5.69 Å². The van der Waals surface area contributed by atoms with E-state index in [4.69, 9.17) is 0 Å². The summed E-state index contributed by atoms with van der Waals surface area (Å²) in [6, 6.07) is 6.09. The Hall–Kier alpha value is -1.55. The lowest BCUT2D eigenvalue weighted by molar-refractivity contribution is 0.216. The number of benzene rings is 1. The number of fused-ring (bicyclic) bond motifs is 1. The molecule has 0 unspecified atom stereocenters. The van der Waals surface area contributed by atoms with Gasteiger partial charge in [-0.25, -0.2) is 4.98 Å². The number of aromatic amines is 1. The normalized spacial score (nSPS) is 12.1. The number of likely N-dealkylation sites (N-methyl/N-ethyl adjacent to an activating group) is 1. The molecule has 4 nitrogen and oxygen atoms in total. The number of aromatic nitrogens is 2. The zero-order valence-corrected chi connectivity index (χ0v) is 10.8. The molecule has 0 fully saturated rings. The quantitative estimate of drug-likeness (QED) is 0.853. The van der Waals surface area contributed by atoms with E-state index >= 15 is 0 Å². The van der Waals surface area contributed by atoms with E-state index in [1.807, 2.05) is 40.0 Å². The number of imidazole rings is 1. The second-order valence-electron chi connectivity index (χ2n) is 5.05. The van der Waals surface area contributed by atoms with Crippen molar-refractivity contribution < 1.29 is 5.11 Å². The van der Waals surface area contributed by atoms with Crippen LogP contribution in [0.2, 0.25) is 0 Å². The van der Waals surface area contributed by atoms with Crippen LogP contribution in [0.5, 0.6) is 0 Å². The fourth-order valence-corrected chi connectivity index (χ4v) is 1.79. The number of anilines is 1. The summed E-state index contributed by atoms with van der Waals surface area (Å²) < 4.78 is 0. The Morgan fingerprint density at radius 2 is 2.12 bits per heavy atom. The Morgan fingerprint density at radius 1 is 1.41 bits per heavy atom. The summed E-state index contributed by atoms with van der Waals surface area (Å²) in [5, 5.41) is 9.38. The maximum Gasteiger partial charge on any atom is 0.104 e. The molecule has 0 aliphatic heterocycles. The van der Waals surface area contributed by atoms with Crippen LogP contribution in [0.25, 0.3) is 11.0 Å². The van der Waals surface area contributed by atoms with Gasteiger partial charge in [0.25, 0.3) is 0 Å². The molecule has 0 aliphatic rings. The van der Waals surface area contributed by atoms with Gasteiger partial charge in [0.2, 0.25) is 0 Å². The van der Waals surface area contributed by atoms with Crippen LogP contribution in [0, 0.1) is 6.92 Å². The second kappa shape index (κ2) is 4.04. The van der Waals surface area contributed by atoms with Crippen molar-refractivity contribution in [1.29, 1.82) is 0 Å². The minimum Gasteiger partial charge on any atom is -0.394 e. The molecule has 0 amide bonds. The Labute approximate surface area is 101 Å². The van der Waals surface area contributed by atoms with Crippen molar-refractivity contribution in [1.82, 2.24) is 9.97 Å². The van der Waals surface area contributed by atoms with E-state index in [9.17, 15) is 5.11 Å². The maximum absolute atomic E-state index is 9.38. The van der Waals surface area contributed by atoms with Crippen molar-refractivity contribution in [2.75, 3.05) is 18.6 Å². The molecule has 0 bridgehead atoms. The van der Waals surface area contributed by atoms with Gasteiger partial charge in [0.1, 0.15) is 5.82 Å². The highest BCUT2D eigenvalue weighted by atomic mass is 16.3. The van der Waals surface area contributed by atoms with E-state index in [1.165, 1.54) is 0 Å². The van der Waals surface area contributed by atoms with E-state index in [0.717, 1.165) is 22.5 Å². The van der Waals surface area contributed by atoms with Crippen molar-refractivity contribution >= 4 is 16.7 Å². The lowest BCUT2D eigenvalue weighted by atomic mass is 10.0. The zero-order valence-electron chi connectivity index (χ0n) is 10.8. The highest BCUT2D eigenvalue weighted by molar-refractivity contribution is 5.79. The number of hydrogen-bond donors (Lipinski definition) is 2. The summed E-state index contributed by atoms with van der Waals surface area (Å²) >= 11 is 0. The third kappa shape index (κ3) is 2.13. The van der Waals surface area contributed by atoms with Crippen molar-refractivity contribution in [3.8, 4) is 0 Å². The molecule has 0 aliphatic carbocycles. The van der Waals surface area contributed by atoms with E-state index in [-0.39, 0.29) is 12.1 Å². The summed E-state index contributed by atoms with van der Waals surface area (Å²) in [5.74, 6) is 0.918. The van der Waals surface area contributed by atoms with Gasteiger partial charge in [-0.3, -0.25) is 0 Å². The number of nitrogens with one attached hydrogen (secondary N) is 1. The molecule has 1 heterocycles. The third-order valence-corrected chi connectivity index (χ3v) is 3.27. The monoisotopic (exact) mass is 233 g/mol. The fourth-order valence-electron chi connectivity index (χ4n) is 1.79. The number of aliphatic hydroxyl groups is 1. The van der Waals surface area contributed by atoms with Crippen molar-refractivity contribution in [3.63, 3.8) is 0 Å². The molecule has 17 heavy (non-hydrogen) atoms. The van der Waals surface area contributed by atoms with Gasteiger partial charge >= 0.3 is 0 Å². The van der Waals surface area contributed by atoms with Crippen LogP contribution in [0.1, 0.15) is 19.7 Å². The predicted molar refractivity (Wildman–Crippen MR) is 70.4 cm³/mol. The van der Waals surface area contributed by atoms with Crippen LogP contribution in [-0.2, 0) is 0 Å². The third-order valence-electron chi connectivity index (χ3n) is 3.27. The Morgan fingerprint density at radius 3 is 2.76 bits per heavy atom.